The van der Waals surface area contributed by atoms with E-state index in [9.17, 15) is 14.9 Å². The predicted molar refractivity (Wildman–Crippen MR) is 118 cm³/mol. The van der Waals surface area contributed by atoms with Gasteiger partial charge in [0.25, 0.3) is 11.6 Å². The number of benzene rings is 3. The fourth-order valence-electron chi connectivity index (χ4n) is 3.40. The number of nitro benzene ring substituents is 1. The second kappa shape index (κ2) is 8.45. The molecule has 0 aromatic heterocycles. The molecule has 7 nitrogen and oxygen atoms in total. The molecule has 0 N–H and O–H groups in total. The van der Waals surface area contributed by atoms with Gasteiger partial charge in [0.05, 0.1) is 23.6 Å². The van der Waals surface area contributed by atoms with Crippen molar-refractivity contribution in [2.45, 2.75) is 6.10 Å². The van der Waals surface area contributed by atoms with Crippen molar-refractivity contribution in [2.24, 2.45) is 0 Å². The van der Waals surface area contributed by atoms with Gasteiger partial charge in [0.2, 0.25) is 0 Å². The van der Waals surface area contributed by atoms with Crippen molar-refractivity contribution in [1.82, 2.24) is 0 Å². The summed E-state index contributed by atoms with van der Waals surface area (Å²) >= 11 is 12.6. The molecule has 31 heavy (non-hydrogen) atoms. The fraction of sp³-hybridized carbons (Fsp3) is 0.136. The molecule has 3 aromatic rings. The smallest absolute Gasteiger partial charge is 0.269 e. The van der Waals surface area contributed by atoms with E-state index in [1.165, 1.54) is 35.2 Å². The van der Waals surface area contributed by atoms with Crippen LogP contribution < -0.4 is 14.4 Å². The van der Waals surface area contributed by atoms with E-state index in [0.717, 1.165) is 5.56 Å². The Hall–Kier alpha value is -3.29. The van der Waals surface area contributed by atoms with E-state index in [0.29, 0.717) is 22.2 Å². The molecule has 1 heterocycles. The van der Waals surface area contributed by atoms with Gasteiger partial charge >= 0.3 is 0 Å². The Bertz CT molecular complexity index is 1150. The molecule has 1 unspecified atom stereocenters. The van der Waals surface area contributed by atoms with Gasteiger partial charge in [0.15, 0.2) is 0 Å². The molecule has 1 atom stereocenters. The van der Waals surface area contributed by atoms with Crippen LogP contribution in [0.1, 0.15) is 22.0 Å². The lowest BCUT2D eigenvalue weighted by Gasteiger charge is -2.36. The number of carbonyl (C=O) groups excluding carboxylic acids is 1. The van der Waals surface area contributed by atoms with Gasteiger partial charge in [-0.1, -0.05) is 35.3 Å². The first kappa shape index (κ1) is 21.0. The van der Waals surface area contributed by atoms with E-state index in [2.05, 4.69) is 0 Å². The molecule has 0 fully saturated rings. The quantitative estimate of drug-likeness (QED) is 0.370. The van der Waals surface area contributed by atoms with Gasteiger partial charge in [-0.3, -0.25) is 19.8 Å². The van der Waals surface area contributed by atoms with Crippen LogP contribution in [0.3, 0.4) is 0 Å². The predicted octanol–water partition coefficient (Wildman–Crippen LogP) is 5.69. The van der Waals surface area contributed by atoms with Crippen LogP contribution in [0.5, 0.6) is 11.5 Å². The maximum atomic E-state index is 13.3. The Morgan fingerprint density at radius 2 is 1.81 bits per heavy atom. The summed E-state index contributed by atoms with van der Waals surface area (Å²) in [6.07, 6.45) is -0.477. The number of rotatable bonds is 4. The third kappa shape index (κ3) is 4.15. The summed E-state index contributed by atoms with van der Waals surface area (Å²) < 4.78 is 11.3. The Morgan fingerprint density at radius 1 is 1.13 bits per heavy atom. The number of hydrogen-bond acceptors (Lipinski definition) is 5. The van der Waals surface area contributed by atoms with Crippen LogP contribution in [-0.4, -0.2) is 24.5 Å². The van der Waals surface area contributed by atoms with Crippen LogP contribution in [0.15, 0.2) is 60.7 Å². The fourth-order valence-corrected chi connectivity index (χ4v) is 3.98. The Balaban J connectivity index is 1.74. The van der Waals surface area contributed by atoms with Crippen LogP contribution in [0.2, 0.25) is 10.0 Å². The Kier molecular flexibility index (Phi) is 5.71. The maximum Gasteiger partial charge on any atom is 0.269 e. The first-order valence-electron chi connectivity index (χ1n) is 9.23. The molecule has 0 radical (unpaired) electrons. The third-order valence-corrected chi connectivity index (χ3v) is 5.44. The summed E-state index contributed by atoms with van der Waals surface area (Å²) in [6, 6.07) is 15.9. The summed E-state index contributed by atoms with van der Waals surface area (Å²) in [4.78, 5) is 25.3. The van der Waals surface area contributed by atoms with E-state index < -0.39 is 11.0 Å². The molecule has 0 saturated heterocycles. The lowest BCUT2D eigenvalue weighted by molar-refractivity contribution is -0.384. The summed E-state index contributed by atoms with van der Waals surface area (Å²) in [6.45, 7) is 0.191. The van der Waals surface area contributed by atoms with Crippen molar-refractivity contribution in [3.63, 3.8) is 0 Å². The Labute approximate surface area is 187 Å². The average Bonchev–Trinajstić information content (AvgIpc) is 2.77. The largest absolute Gasteiger partial charge is 0.497 e. The minimum absolute atomic E-state index is 0.0974. The van der Waals surface area contributed by atoms with Gasteiger partial charge < -0.3 is 9.47 Å². The van der Waals surface area contributed by atoms with Gasteiger partial charge in [-0.2, -0.15) is 0 Å². The molecular weight excluding hydrogens is 443 g/mol. The summed E-state index contributed by atoms with van der Waals surface area (Å²) in [5, 5.41) is 11.6. The lowest BCUT2D eigenvalue weighted by atomic mass is 10.0. The van der Waals surface area contributed by atoms with Crippen molar-refractivity contribution < 1.29 is 19.2 Å². The van der Waals surface area contributed by atoms with E-state index in [1.54, 1.807) is 13.2 Å². The second-order valence-corrected chi connectivity index (χ2v) is 7.68. The van der Waals surface area contributed by atoms with Crippen LogP contribution in [0.25, 0.3) is 0 Å². The monoisotopic (exact) mass is 458 g/mol. The van der Waals surface area contributed by atoms with Crippen LogP contribution >= 0.6 is 23.2 Å². The topological polar surface area (TPSA) is 81.9 Å². The molecule has 158 valence electrons. The first-order chi connectivity index (χ1) is 14.9. The van der Waals surface area contributed by atoms with Crippen LogP contribution in [0.4, 0.5) is 11.4 Å². The molecule has 9 heteroatoms. The second-order valence-electron chi connectivity index (χ2n) is 6.83. The normalized spacial score (nSPS) is 15.1. The average molecular weight is 459 g/mol. The minimum atomic E-state index is -0.517. The van der Waals surface area contributed by atoms with Crippen LogP contribution in [0, 0.1) is 10.1 Å². The van der Waals surface area contributed by atoms with Gasteiger partial charge in [-0.15, -0.1) is 0 Å². The number of amides is 1. The number of methoxy groups -OCH3 is 1. The molecule has 1 amide bonds. The number of nitro groups is 1. The van der Waals surface area contributed by atoms with Gasteiger partial charge in [-0.25, -0.2) is 0 Å². The van der Waals surface area contributed by atoms with Crippen molar-refractivity contribution in [1.29, 1.82) is 0 Å². The third-order valence-electron chi connectivity index (χ3n) is 4.94. The zero-order chi connectivity index (χ0) is 22.1. The number of nitrogens with zero attached hydrogens (tertiary/aromatic N) is 2. The van der Waals surface area contributed by atoms with Crippen molar-refractivity contribution >= 4 is 40.5 Å². The first-order valence-corrected chi connectivity index (χ1v) is 9.99. The number of anilines is 1. The molecule has 0 bridgehead atoms. The number of ether oxygens (including phenoxy) is 2. The van der Waals surface area contributed by atoms with E-state index in [1.807, 2.05) is 24.3 Å². The summed E-state index contributed by atoms with van der Waals surface area (Å²) in [5.41, 5.74) is 1.43. The van der Waals surface area contributed by atoms with E-state index in [-0.39, 0.29) is 28.7 Å². The SMILES string of the molecule is COc1ccc(C2CN(C(=O)c3ccc([N+](=O)[O-])cc3)c3c(Cl)cc(Cl)cc3O2)cc1. The number of fused-ring (bicyclic) bond motifs is 1. The molecule has 3 aromatic carbocycles. The van der Waals surface area contributed by atoms with Crippen molar-refractivity contribution in [3.8, 4) is 11.5 Å². The molecule has 1 aliphatic rings. The number of halogens is 2. The standard InChI is InChI=1S/C22H16Cl2N2O5/c1-30-17-8-4-13(5-9-17)20-12-25(21-18(24)10-15(23)11-19(21)31-20)22(27)14-2-6-16(7-3-14)26(28)29/h2-11,20H,12H2,1H3. The minimum Gasteiger partial charge on any atom is -0.497 e. The highest BCUT2D eigenvalue weighted by Crippen LogP contribution is 2.45. The zero-order valence-electron chi connectivity index (χ0n) is 16.2. The van der Waals surface area contributed by atoms with Crippen LogP contribution in [-0.2, 0) is 0 Å². The number of non-ortho nitro benzene ring substituents is 1. The highest BCUT2D eigenvalue weighted by Gasteiger charge is 2.33. The van der Waals surface area contributed by atoms with E-state index in [4.69, 9.17) is 32.7 Å². The molecule has 4 rings (SSSR count). The van der Waals surface area contributed by atoms with Crippen molar-refractivity contribution in [2.75, 3.05) is 18.6 Å². The van der Waals surface area contributed by atoms with Crippen molar-refractivity contribution in [3.05, 3.63) is 92.0 Å². The zero-order valence-corrected chi connectivity index (χ0v) is 17.8. The lowest BCUT2D eigenvalue weighted by Crippen LogP contribution is -2.40. The summed E-state index contributed by atoms with van der Waals surface area (Å²) in [5.74, 6) is 0.715. The molecule has 0 spiro atoms. The molecular formula is C22H16Cl2N2O5. The van der Waals surface area contributed by atoms with E-state index >= 15 is 0 Å². The highest BCUT2D eigenvalue weighted by atomic mass is 35.5. The molecule has 1 aliphatic heterocycles. The number of hydrogen-bond donors (Lipinski definition) is 0. The van der Waals surface area contributed by atoms with Gasteiger partial charge in [0.1, 0.15) is 23.3 Å². The number of carbonyl (C=O) groups is 1. The molecule has 0 aliphatic carbocycles. The highest BCUT2D eigenvalue weighted by molar-refractivity contribution is 6.37. The maximum absolute atomic E-state index is 13.3. The summed E-state index contributed by atoms with van der Waals surface area (Å²) in [7, 11) is 1.58. The van der Waals surface area contributed by atoms with Gasteiger partial charge in [0, 0.05) is 28.8 Å². The van der Waals surface area contributed by atoms with Gasteiger partial charge in [-0.05, 0) is 35.9 Å². The molecule has 0 saturated carbocycles. The Morgan fingerprint density at radius 3 is 2.42 bits per heavy atom.